The number of aromatic nitrogens is 4. The Balaban J connectivity index is 1.92. The minimum Gasteiger partial charge on any atom is -0.389 e. The first-order chi connectivity index (χ1) is 9.15. The third-order valence-electron chi connectivity index (χ3n) is 2.98. The number of tetrazole rings is 1. The summed E-state index contributed by atoms with van der Waals surface area (Å²) in [6.07, 6.45) is 1.76. The average Bonchev–Trinajstić information content (AvgIpc) is 3.12. The first-order valence-corrected chi connectivity index (χ1v) is 7.69. The van der Waals surface area contributed by atoms with Crippen molar-refractivity contribution >= 4 is 27.7 Å². The summed E-state index contributed by atoms with van der Waals surface area (Å²) < 4.78 is 2.83. The zero-order valence-electron chi connectivity index (χ0n) is 10.3. The molecular formula is C12H13BrN4OS. The second kappa shape index (κ2) is 5.22. The van der Waals surface area contributed by atoms with E-state index in [4.69, 9.17) is 0 Å². The molecule has 5 nitrogen and oxygen atoms in total. The molecule has 19 heavy (non-hydrogen) atoms. The standard InChI is InChI=1S/C12H13BrN4OS/c1-7(18)10-6-8(13)2-5-11(10)19-12-14-15-16-17(12)9-3-4-9/h2,5-7,9,18H,3-4H2,1H3. The molecule has 1 unspecified atom stereocenters. The highest BCUT2D eigenvalue weighted by molar-refractivity contribution is 9.10. The molecule has 1 aromatic carbocycles. The second-order valence-corrected chi connectivity index (χ2v) is 6.52. The van der Waals surface area contributed by atoms with Crippen LogP contribution in [0.25, 0.3) is 0 Å². The van der Waals surface area contributed by atoms with E-state index in [-0.39, 0.29) is 0 Å². The van der Waals surface area contributed by atoms with E-state index in [0.717, 1.165) is 32.9 Å². The van der Waals surface area contributed by atoms with Crippen LogP contribution in [0.2, 0.25) is 0 Å². The molecule has 0 bridgehead atoms. The number of halogens is 1. The van der Waals surface area contributed by atoms with Crippen LogP contribution in [0.4, 0.5) is 0 Å². The molecule has 7 heteroatoms. The van der Waals surface area contributed by atoms with Crippen LogP contribution in [0, 0.1) is 0 Å². The normalized spacial score (nSPS) is 16.6. The molecular weight excluding hydrogens is 328 g/mol. The van der Waals surface area contributed by atoms with Crippen LogP contribution >= 0.6 is 27.7 Å². The Morgan fingerprint density at radius 1 is 1.47 bits per heavy atom. The van der Waals surface area contributed by atoms with E-state index in [0.29, 0.717) is 6.04 Å². The number of aliphatic hydroxyl groups is 1. The first kappa shape index (κ1) is 13.1. The summed E-state index contributed by atoms with van der Waals surface area (Å²) in [5.74, 6) is 0. The van der Waals surface area contributed by atoms with E-state index in [9.17, 15) is 5.11 Å². The third-order valence-corrected chi connectivity index (χ3v) is 4.51. The molecule has 0 saturated heterocycles. The molecule has 0 radical (unpaired) electrons. The number of nitrogens with zero attached hydrogens (tertiary/aromatic N) is 4. The number of aliphatic hydroxyl groups excluding tert-OH is 1. The topological polar surface area (TPSA) is 63.8 Å². The smallest absolute Gasteiger partial charge is 0.214 e. The van der Waals surface area contributed by atoms with Crippen LogP contribution in [0.1, 0.15) is 37.5 Å². The molecule has 1 N–H and O–H groups in total. The maximum Gasteiger partial charge on any atom is 0.214 e. The van der Waals surface area contributed by atoms with E-state index >= 15 is 0 Å². The molecule has 0 aliphatic heterocycles. The molecule has 0 amide bonds. The zero-order valence-corrected chi connectivity index (χ0v) is 12.7. The van der Waals surface area contributed by atoms with Gasteiger partial charge >= 0.3 is 0 Å². The quantitative estimate of drug-likeness (QED) is 0.926. The molecule has 1 aliphatic carbocycles. The van der Waals surface area contributed by atoms with Gasteiger partial charge in [-0.2, -0.15) is 0 Å². The fourth-order valence-corrected chi connectivity index (χ4v) is 3.25. The van der Waals surface area contributed by atoms with Crippen molar-refractivity contribution in [2.45, 2.75) is 42.0 Å². The van der Waals surface area contributed by atoms with E-state index in [1.54, 1.807) is 6.92 Å². The molecule has 2 aromatic rings. The van der Waals surface area contributed by atoms with Gasteiger partial charge in [0.1, 0.15) is 0 Å². The van der Waals surface area contributed by atoms with Crippen LogP contribution < -0.4 is 0 Å². The predicted octanol–water partition coefficient (Wildman–Crippen LogP) is 2.98. The summed E-state index contributed by atoms with van der Waals surface area (Å²) in [6, 6.07) is 6.31. The van der Waals surface area contributed by atoms with Crippen molar-refractivity contribution in [3.05, 3.63) is 28.2 Å². The molecule has 0 spiro atoms. The van der Waals surface area contributed by atoms with Gasteiger partial charge in [-0.15, -0.1) is 5.10 Å². The molecule has 3 rings (SSSR count). The summed E-state index contributed by atoms with van der Waals surface area (Å²) in [5, 5.41) is 22.5. The van der Waals surface area contributed by atoms with Gasteiger partial charge < -0.3 is 5.11 Å². The van der Waals surface area contributed by atoms with Crippen LogP contribution in [0.3, 0.4) is 0 Å². The van der Waals surface area contributed by atoms with E-state index in [2.05, 4.69) is 31.5 Å². The largest absolute Gasteiger partial charge is 0.389 e. The summed E-state index contributed by atoms with van der Waals surface area (Å²) in [4.78, 5) is 0.981. The van der Waals surface area contributed by atoms with Gasteiger partial charge in [0.15, 0.2) is 0 Å². The van der Waals surface area contributed by atoms with Crippen molar-refractivity contribution in [2.24, 2.45) is 0 Å². The molecule has 100 valence electrons. The number of rotatable bonds is 4. The number of benzene rings is 1. The lowest BCUT2D eigenvalue weighted by atomic mass is 10.1. The monoisotopic (exact) mass is 340 g/mol. The molecule has 1 aromatic heterocycles. The predicted molar refractivity (Wildman–Crippen MR) is 75.0 cm³/mol. The van der Waals surface area contributed by atoms with Crippen molar-refractivity contribution in [2.75, 3.05) is 0 Å². The highest BCUT2D eigenvalue weighted by Crippen LogP contribution is 2.39. The summed E-state index contributed by atoms with van der Waals surface area (Å²) in [5.41, 5.74) is 0.879. The molecule has 1 fully saturated rings. The summed E-state index contributed by atoms with van der Waals surface area (Å²) in [7, 11) is 0. The van der Waals surface area contributed by atoms with Crippen molar-refractivity contribution in [1.29, 1.82) is 0 Å². The van der Waals surface area contributed by atoms with Crippen molar-refractivity contribution in [1.82, 2.24) is 20.2 Å². The Hall–Kier alpha value is -0.920. The zero-order chi connectivity index (χ0) is 13.4. The third kappa shape index (κ3) is 2.82. The minimum absolute atomic E-state index is 0.447. The highest BCUT2D eigenvalue weighted by atomic mass is 79.9. The second-order valence-electron chi connectivity index (χ2n) is 4.60. The maximum absolute atomic E-state index is 9.86. The summed E-state index contributed by atoms with van der Waals surface area (Å²) >= 11 is 4.92. The number of hydrogen-bond donors (Lipinski definition) is 1. The van der Waals surface area contributed by atoms with Crippen LogP contribution in [-0.2, 0) is 0 Å². The van der Waals surface area contributed by atoms with Gasteiger partial charge in [0.05, 0.1) is 12.1 Å². The van der Waals surface area contributed by atoms with Crippen molar-refractivity contribution in [3.63, 3.8) is 0 Å². The molecule has 1 heterocycles. The SMILES string of the molecule is CC(O)c1cc(Br)ccc1Sc1nnnn1C1CC1. The molecule has 1 aliphatic rings. The van der Waals surface area contributed by atoms with Crippen molar-refractivity contribution in [3.8, 4) is 0 Å². The minimum atomic E-state index is -0.523. The van der Waals surface area contributed by atoms with Crippen LogP contribution in [-0.4, -0.2) is 25.3 Å². The van der Waals surface area contributed by atoms with Gasteiger partial charge in [-0.3, -0.25) is 0 Å². The number of hydrogen-bond acceptors (Lipinski definition) is 5. The molecule has 1 atom stereocenters. The Labute approximate surface area is 123 Å². The van der Waals surface area contributed by atoms with Crippen molar-refractivity contribution < 1.29 is 5.11 Å². The van der Waals surface area contributed by atoms with Gasteiger partial charge in [-0.1, -0.05) is 15.9 Å². The lowest BCUT2D eigenvalue weighted by Gasteiger charge is -2.11. The van der Waals surface area contributed by atoms with Gasteiger partial charge in [0, 0.05) is 9.37 Å². The first-order valence-electron chi connectivity index (χ1n) is 6.08. The fraction of sp³-hybridized carbons (Fsp3) is 0.417. The summed E-state index contributed by atoms with van der Waals surface area (Å²) in [6.45, 7) is 1.76. The van der Waals surface area contributed by atoms with Gasteiger partial charge in [0.25, 0.3) is 0 Å². The van der Waals surface area contributed by atoms with E-state index in [1.807, 2.05) is 22.9 Å². The Morgan fingerprint density at radius 3 is 2.95 bits per heavy atom. The highest BCUT2D eigenvalue weighted by Gasteiger charge is 2.28. The Morgan fingerprint density at radius 2 is 2.26 bits per heavy atom. The average molecular weight is 341 g/mol. The van der Waals surface area contributed by atoms with E-state index in [1.165, 1.54) is 11.8 Å². The van der Waals surface area contributed by atoms with Crippen LogP contribution in [0.5, 0.6) is 0 Å². The maximum atomic E-state index is 9.86. The lowest BCUT2D eigenvalue weighted by Crippen LogP contribution is -2.00. The lowest BCUT2D eigenvalue weighted by molar-refractivity contribution is 0.196. The Kier molecular flexibility index (Phi) is 3.60. The van der Waals surface area contributed by atoms with Crippen LogP contribution in [0.15, 0.2) is 32.7 Å². The Bertz CT molecular complexity index is 597. The fourth-order valence-electron chi connectivity index (χ4n) is 1.84. The van der Waals surface area contributed by atoms with E-state index < -0.39 is 6.10 Å². The van der Waals surface area contributed by atoms with Gasteiger partial charge in [-0.25, -0.2) is 4.68 Å². The van der Waals surface area contributed by atoms with Gasteiger partial charge in [0.2, 0.25) is 5.16 Å². The van der Waals surface area contributed by atoms with Gasteiger partial charge in [-0.05, 0) is 65.7 Å². The molecule has 1 saturated carbocycles.